The number of ether oxygens (including phenoxy) is 2. The lowest BCUT2D eigenvalue weighted by Gasteiger charge is -2.09. The number of rotatable bonds is 6. The molecule has 0 aromatic heterocycles. The van der Waals surface area contributed by atoms with E-state index in [1.807, 2.05) is 43.3 Å². The Hall–Kier alpha value is -2.98. The van der Waals surface area contributed by atoms with Gasteiger partial charge >= 0.3 is 0 Å². The maximum Gasteiger partial charge on any atom is 0.126 e. The second kappa shape index (κ2) is 9.99. The van der Waals surface area contributed by atoms with Crippen molar-refractivity contribution in [1.29, 1.82) is 0 Å². The molecule has 0 bridgehead atoms. The summed E-state index contributed by atoms with van der Waals surface area (Å²) in [5, 5.41) is 0.895. The second-order valence-corrected chi connectivity index (χ2v) is 7.82. The SMILES string of the molecule is COc1ccc(O/C=C(\C)C(=Nc2ccc(C)cc2)Sc2ccc(C)cc2)cc1. The van der Waals surface area contributed by atoms with Gasteiger partial charge in [-0.25, -0.2) is 4.99 Å². The van der Waals surface area contributed by atoms with Crippen LogP contribution < -0.4 is 9.47 Å². The lowest BCUT2D eigenvalue weighted by molar-refractivity contribution is 0.412. The highest BCUT2D eigenvalue weighted by Gasteiger charge is 2.08. The zero-order chi connectivity index (χ0) is 20.6. The quantitative estimate of drug-likeness (QED) is 0.190. The maximum atomic E-state index is 5.85. The Kier molecular flexibility index (Phi) is 7.14. The number of hydrogen-bond acceptors (Lipinski definition) is 4. The Bertz CT molecular complexity index is 989. The number of thioether (sulfide) groups is 1. The third kappa shape index (κ3) is 6.26. The van der Waals surface area contributed by atoms with Crippen molar-refractivity contribution in [2.75, 3.05) is 7.11 Å². The fraction of sp³-hybridized carbons (Fsp3) is 0.160. The van der Waals surface area contributed by atoms with Gasteiger partial charge in [0.2, 0.25) is 0 Å². The van der Waals surface area contributed by atoms with Crippen LogP contribution in [0.3, 0.4) is 0 Å². The first-order valence-electron chi connectivity index (χ1n) is 9.41. The van der Waals surface area contributed by atoms with Crippen LogP contribution >= 0.6 is 11.8 Å². The van der Waals surface area contributed by atoms with Gasteiger partial charge in [0.1, 0.15) is 16.5 Å². The van der Waals surface area contributed by atoms with Crippen LogP contribution in [0.4, 0.5) is 5.69 Å². The lowest BCUT2D eigenvalue weighted by atomic mass is 10.2. The fourth-order valence-electron chi connectivity index (χ4n) is 2.51. The summed E-state index contributed by atoms with van der Waals surface area (Å²) in [6.07, 6.45) is 1.75. The number of aliphatic imine (C=N–C) groups is 1. The molecular weight excluding hydrogens is 378 g/mol. The van der Waals surface area contributed by atoms with Crippen LogP contribution in [0.5, 0.6) is 11.5 Å². The largest absolute Gasteiger partial charge is 0.497 e. The normalized spacial score (nSPS) is 12.0. The van der Waals surface area contributed by atoms with E-state index in [-0.39, 0.29) is 0 Å². The Morgan fingerprint density at radius 1 is 0.793 bits per heavy atom. The minimum atomic E-state index is 0.750. The van der Waals surface area contributed by atoms with Gasteiger partial charge in [0.05, 0.1) is 19.1 Å². The molecule has 148 valence electrons. The molecule has 0 radical (unpaired) electrons. The first kappa shape index (κ1) is 20.7. The molecule has 3 aromatic carbocycles. The van der Waals surface area contributed by atoms with E-state index in [1.165, 1.54) is 11.1 Å². The van der Waals surface area contributed by atoms with Crippen LogP contribution in [0, 0.1) is 13.8 Å². The smallest absolute Gasteiger partial charge is 0.126 e. The van der Waals surface area contributed by atoms with Crippen molar-refractivity contribution >= 4 is 22.5 Å². The number of methoxy groups -OCH3 is 1. The van der Waals surface area contributed by atoms with Crippen molar-refractivity contribution in [3.05, 3.63) is 95.8 Å². The van der Waals surface area contributed by atoms with Crippen LogP contribution in [-0.4, -0.2) is 12.2 Å². The minimum absolute atomic E-state index is 0.750. The fourth-order valence-corrected chi connectivity index (χ4v) is 3.36. The molecule has 0 heterocycles. The monoisotopic (exact) mass is 403 g/mol. The number of aryl methyl sites for hydroxylation is 2. The van der Waals surface area contributed by atoms with Crippen molar-refractivity contribution in [2.45, 2.75) is 25.7 Å². The van der Waals surface area contributed by atoms with Crippen LogP contribution in [0.25, 0.3) is 0 Å². The van der Waals surface area contributed by atoms with Crippen molar-refractivity contribution in [1.82, 2.24) is 0 Å². The third-order valence-corrected chi connectivity index (χ3v) is 5.38. The van der Waals surface area contributed by atoms with Gasteiger partial charge < -0.3 is 9.47 Å². The molecule has 0 unspecified atom stereocenters. The molecule has 3 nitrogen and oxygen atoms in total. The molecule has 0 spiro atoms. The summed E-state index contributed by atoms with van der Waals surface area (Å²) >= 11 is 1.63. The molecular formula is C25H25NO2S. The van der Waals surface area contributed by atoms with E-state index in [2.05, 4.69) is 50.2 Å². The summed E-state index contributed by atoms with van der Waals surface area (Å²) in [6.45, 7) is 6.17. The molecule has 0 atom stereocenters. The maximum absolute atomic E-state index is 5.85. The second-order valence-electron chi connectivity index (χ2n) is 6.76. The molecule has 29 heavy (non-hydrogen) atoms. The van der Waals surface area contributed by atoms with Gasteiger partial charge in [0, 0.05) is 10.5 Å². The molecule has 0 aliphatic carbocycles. The lowest BCUT2D eigenvalue weighted by Crippen LogP contribution is -1.97. The number of benzene rings is 3. The molecule has 0 fully saturated rings. The molecule has 0 amide bonds. The molecule has 3 aromatic rings. The predicted octanol–water partition coefficient (Wildman–Crippen LogP) is 7.12. The van der Waals surface area contributed by atoms with Crippen molar-refractivity contribution in [3.63, 3.8) is 0 Å². The minimum Gasteiger partial charge on any atom is -0.497 e. The van der Waals surface area contributed by atoms with Crippen molar-refractivity contribution in [2.24, 2.45) is 4.99 Å². The van der Waals surface area contributed by atoms with Gasteiger partial charge in [0.25, 0.3) is 0 Å². The van der Waals surface area contributed by atoms with E-state index >= 15 is 0 Å². The molecule has 0 aliphatic heterocycles. The average molecular weight is 404 g/mol. The molecule has 3 rings (SSSR count). The van der Waals surface area contributed by atoms with Gasteiger partial charge in [-0.3, -0.25) is 0 Å². The standard InChI is InChI=1S/C25H25NO2S/c1-18-5-9-21(10-6-18)26-25(29-24-15-7-19(2)8-16-24)20(3)17-28-23-13-11-22(27-4)12-14-23/h5-17H,1-4H3/b20-17+,26-25?. The molecule has 0 saturated carbocycles. The van der Waals surface area contributed by atoms with E-state index in [4.69, 9.17) is 14.5 Å². The Balaban J connectivity index is 1.85. The highest BCUT2D eigenvalue weighted by molar-refractivity contribution is 8.14. The van der Waals surface area contributed by atoms with E-state index in [9.17, 15) is 0 Å². The van der Waals surface area contributed by atoms with Crippen LogP contribution in [0.1, 0.15) is 18.1 Å². The van der Waals surface area contributed by atoms with Crippen LogP contribution in [0.2, 0.25) is 0 Å². The predicted molar refractivity (Wildman–Crippen MR) is 123 cm³/mol. The summed E-state index contributed by atoms with van der Waals surface area (Å²) in [7, 11) is 1.65. The summed E-state index contributed by atoms with van der Waals surface area (Å²) in [4.78, 5) is 6.01. The van der Waals surface area contributed by atoms with Gasteiger partial charge in [-0.05, 0) is 69.3 Å². The van der Waals surface area contributed by atoms with E-state index in [0.29, 0.717) is 0 Å². The van der Waals surface area contributed by atoms with Gasteiger partial charge in [-0.2, -0.15) is 0 Å². The van der Waals surface area contributed by atoms with E-state index in [1.54, 1.807) is 25.1 Å². The Morgan fingerprint density at radius 3 is 1.93 bits per heavy atom. The Labute approximate surface area is 177 Å². The zero-order valence-electron chi connectivity index (χ0n) is 17.2. The van der Waals surface area contributed by atoms with Crippen LogP contribution in [0.15, 0.2) is 94.5 Å². The van der Waals surface area contributed by atoms with Crippen molar-refractivity contribution < 1.29 is 9.47 Å². The summed E-state index contributed by atoms with van der Waals surface area (Å²) in [5.74, 6) is 1.55. The first-order chi connectivity index (χ1) is 14.0. The summed E-state index contributed by atoms with van der Waals surface area (Å²) < 4.78 is 11.0. The van der Waals surface area contributed by atoms with Crippen LogP contribution in [-0.2, 0) is 0 Å². The summed E-state index contributed by atoms with van der Waals surface area (Å²) in [6, 6.07) is 24.2. The van der Waals surface area contributed by atoms with Gasteiger partial charge in [-0.15, -0.1) is 0 Å². The average Bonchev–Trinajstić information content (AvgIpc) is 2.75. The molecule has 0 aliphatic rings. The van der Waals surface area contributed by atoms with Crippen molar-refractivity contribution in [3.8, 4) is 11.5 Å². The first-order valence-corrected chi connectivity index (χ1v) is 10.2. The highest BCUT2D eigenvalue weighted by Crippen LogP contribution is 2.27. The highest BCUT2D eigenvalue weighted by atomic mass is 32.2. The molecule has 0 N–H and O–H groups in total. The third-order valence-electron chi connectivity index (χ3n) is 4.27. The van der Waals surface area contributed by atoms with Gasteiger partial charge in [-0.1, -0.05) is 47.2 Å². The molecule has 4 heteroatoms. The zero-order valence-corrected chi connectivity index (χ0v) is 18.0. The number of hydrogen-bond donors (Lipinski definition) is 0. The van der Waals surface area contributed by atoms with E-state index in [0.717, 1.165) is 32.7 Å². The number of nitrogens with zero attached hydrogens (tertiary/aromatic N) is 1. The Morgan fingerprint density at radius 2 is 1.34 bits per heavy atom. The van der Waals surface area contributed by atoms with E-state index < -0.39 is 0 Å². The molecule has 0 saturated heterocycles. The van der Waals surface area contributed by atoms with Gasteiger partial charge in [0.15, 0.2) is 0 Å². The topological polar surface area (TPSA) is 30.8 Å². The summed E-state index contributed by atoms with van der Waals surface area (Å²) in [5.41, 5.74) is 4.32.